The number of nitrogens with zero attached hydrogens (tertiary/aromatic N) is 1. The van der Waals surface area contributed by atoms with Crippen molar-refractivity contribution in [3.63, 3.8) is 0 Å². The standard InChI is InChI=1S/C14H20BrNO4S/c1-14(2,3)10-4-6-16(7-5-10)21(18,19)12-8-11(9-17)20-13(12)15/h4,8,17H,5-7,9H2,1-3H3. The summed E-state index contributed by atoms with van der Waals surface area (Å²) < 4.78 is 32.0. The number of aliphatic hydroxyl groups is 1. The normalized spacial score (nSPS) is 17.9. The van der Waals surface area contributed by atoms with Gasteiger partial charge in [-0.05, 0) is 27.8 Å². The molecular formula is C14H20BrNO4S. The van der Waals surface area contributed by atoms with Crippen LogP contribution in [0.2, 0.25) is 0 Å². The molecule has 7 heteroatoms. The summed E-state index contributed by atoms with van der Waals surface area (Å²) in [6, 6.07) is 1.36. The Labute approximate surface area is 133 Å². The Morgan fingerprint density at radius 1 is 1.43 bits per heavy atom. The molecule has 1 aliphatic heterocycles. The predicted octanol–water partition coefficient (Wildman–Crippen LogP) is 2.90. The smallest absolute Gasteiger partial charge is 0.247 e. The molecule has 1 aliphatic rings. The largest absolute Gasteiger partial charge is 0.450 e. The van der Waals surface area contributed by atoms with Crippen molar-refractivity contribution in [3.05, 3.63) is 28.1 Å². The second kappa shape index (κ2) is 5.87. The molecule has 0 amide bonds. The van der Waals surface area contributed by atoms with Gasteiger partial charge in [-0.2, -0.15) is 4.31 Å². The molecule has 0 saturated carbocycles. The summed E-state index contributed by atoms with van der Waals surface area (Å²) in [5.41, 5.74) is 1.34. The first-order valence-electron chi connectivity index (χ1n) is 6.75. The maximum absolute atomic E-state index is 12.6. The number of hydrogen-bond donors (Lipinski definition) is 1. The van der Waals surface area contributed by atoms with Crippen molar-refractivity contribution in [1.82, 2.24) is 4.31 Å². The molecule has 0 atom stereocenters. The number of aliphatic hydroxyl groups excluding tert-OH is 1. The van der Waals surface area contributed by atoms with E-state index in [4.69, 9.17) is 9.52 Å². The van der Waals surface area contributed by atoms with Gasteiger partial charge in [0.05, 0.1) is 0 Å². The minimum atomic E-state index is -3.61. The second-order valence-corrected chi connectivity index (χ2v) is 8.73. The molecule has 0 fully saturated rings. The van der Waals surface area contributed by atoms with Crippen LogP contribution in [0.5, 0.6) is 0 Å². The zero-order chi connectivity index (χ0) is 15.8. The zero-order valence-corrected chi connectivity index (χ0v) is 14.8. The molecule has 0 radical (unpaired) electrons. The minimum absolute atomic E-state index is 0.0656. The zero-order valence-electron chi connectivity index (χ0n) is 12.4. The molecule has 0 bridgehead atoms. The van der Waals surface area contributed by atoms with E-state index in [0.717, 1.165) is 6.42 Å². The highest BCUT2D eigenvalue weighted by atomic mass is 79.9. The van der Waals surface area contributed by atoms with E-state index in [1.54, 1.807) is 0 Å². The molecule has 1 N–H and O–H groups in total. The van der Waals surface area contributed by atoms with Crippen molar-refractivity contribution >= 4 is 26.0 Å². The van der Waals surface area contributed by atoms with Gasteiger partial charge in [0, 0.05) is 19.2 Å². The van der Waals surface area contributed by atoms with Crippen LogP contribution in [0.1, 0.15) is 33.0 Å². The van der Waals surface area contributed by atoms with Crippen LogP contribution in [0.25, 0.3) is 0 Å². The number of hydrogen-bond acceptors (Lipinski definition) is 4. The van der Waals surface area contributed by atoms with E-state index >= 15 is 0 Å². The molecule has 1 aromatic rings. The number of sulfonamides is 1. The van der Waals surface area contributed by atoms with Gasteiger partial charge in [-0.3, -0.25) is 0 Å². The highest BCUT2D eigenvalue weighted by Gasteiger charge is 2.32. The SMILES string of the molecule is CC(C)(C)C1=CCN(S(=O)(=O)c2cc(CO)oc2Br)CC1. The first-order chi connectivity index (χ1) is 9.66. The van der Waals surface area contributed by atoms with Crippen LogP contribution in [0, 0.1) is 5.41 Å². The van der Waals surface area contributed by atoms with Crippen molar-refractivity contribution in [3.8, 4) is 0 Å². The summed E-state index contributed by atoms with van der Waals surface area (Å²) in [7, 11) is -3.61. The van der Waals surface area contributed by atoms with Crippen molar-refractivity contribution < 1.29 is 17.9 Å². The Hall–Kier alpha value is -0.630. The van der Waals surface area contributed by atoms with Gasteiger partial charge in [0.1, 0.15) is 17.3 Å². The van der Waals surface area contributed by atoms with Gasteiger partial charge in [-0.15, -0.1) is 0 Å². The van der Waals surface area contributed by atoms with E-state index in [1.165, 1.54) is 15.9 Å². The molecule has 21 heavy (non-hydrogen) atoms. The summed E-state index contributed by atoms with van der Waals surface area (Å²) >= 11 is 3.10. The molecule has 0 aromatic carbocycles. The van der Waals surface area contributed by atoms with Crippen molar-refractivity contribution in [1.29, 1.82) is 0 Å². The fraction of sp³-hybridized carbons (Fsp3) is 0.571. The predicted molar refractivity (Wildman–Crippen MR) is 83.2 cm³/mol. The third-order valence-electron chi connectivity index (χ3n) is 3.62. The van der Waals surface area contributed by atoms with Gasteiger partial charge in [-0.25, -0.2) is 8.42 Å². The summed E-state index contributed by atoms with van der Waals surface area (Å²) in [5.74, 6) is 0.225. The highest BCUT2D eigenvalue weighted by Crippen LogP contribution is 2.34. The van der Waals surface area contributed by atoms with Crippen LogP contribution in [0.3, 0.4) is 0 Å². The molecule has 2 rings (SSSR count). The van der Waals surface area contributed by atoms with Crippen LogP contribution in [0.4, 0.5) is 0 Å². The number of furan rings is 1. The van der Waals surface area contributed by atoms with E-state index in [9.17, 15) is 8.42 Å². The van der Waals surface area contributed by atoms with Crippen LogP contribution in [0.15, 0.2) is 31.7 Å². The molecule has 0 unspecified atom stereocenters. The second-order valence-electron chi connectivity index (χ2n) is 6.10. The summed E-state index contributed by atoms with van der Waals surface area (Å²) in [6.45, 7) is 6.87. The number of rotatable bonds is 3. The van der Waals surface area contributed by atoms with E-state index in [0.29, 0.717) is 13.1 Å². The van der Waals surface area contributed by atoms with E-state index in [-0.39, 0.29) is 27.3 Å². The van der Waals surface area contributed by atoms with E-state index in [1.807, 2.05) is 6.08 Å². The first kappa shape index (κ1) is 16.7. The van der Waals surface area contributed by atoms with Crippen LogP contribution in [-0.2, 0) is 16.6 Å². The van der Waals surface area contributed by atoms with Crippen molar-refractivity contribution in [2.24, 2.45) is 5.41 Å². The molecule has 2 heterocycles. The van der Waals surface area contributed by atoms with Gasteiger partial charge in [0.15, 0.2) is 4.67 Å². The van der Waals surface area contributed by atoms with Gasteiger partial charge in [0.25, 0.3) is 0 Å². The Balaban J connectivity index is 2.26. The Morgan fingerprint density at radius 2 is 2.10 bits per heavy atom. The minimum Gasteiger partial charge on any atom is -0.450 e. The molecule has 0 saturated heterocycles. The Morgan fingerprint density at radius 3 is 2.52 bits per heavy atom. The third-order valence-corrected chi connectivity index (χ3v) is 6.34. The summed E-state index contributed by atoms with van der Waals surface area (Å²) in [5, 5.41) is 9.04. The first-order valence-corrected chi connectivity index (χ1v) is 8.98. The third kappa shape index (κ3) is 3.41. The average Bonchev–Trinajstić information content (AvgIpc) is 2.80. The summed E-state index contributed by atoms with van der Waals surface area (Å²) in [4.78, 5) is 0.0687. The molecule has 5 nitrogen and oxygen atoms in total. The maximum Gasteiger partial charge on any atom is 0.247 e. The lowest BCUT2D eigenvalue weighted by atomic mass is 9.83. The molecule has 0 spiro atoms. The van der Waals surface area contributed by atoms with Gasteiger partial charge >= 0.3 is 0 Å². The monoisotopic (exact) mass is 377 g/mol. The molecular weight excluding hydrogens is 358 g/mol. The van der Waals surface area contributed by atoms with Gasteiger partial charge in [-0.1, -0.05) is 32.4 Å². The topological polar surface area (TPSA) is 70.8 Å². The maximum atomic E-state index is 12.6. The lowest BCUT2D eigenvalue weighted by Crippen LogP contribution is -2.36. The van der Waals surface area contributed by atoms with Crippen molar-refractivity contribution in [2.45, 2.75) is 38.7 Å². The van der Waals surface area contributed by atoms with Crippen LogP contribution < -0.4 is 0 Å². The van der Waals surface area contributed by atoms with Crippen LogP contribution >= 0.6 is 15.9 Å². The van der Waals surface area contributed by atoms with E-state index < -0.39 is 10.0 Å². The van der Waals surface area contributed by atoms with E-state index in [2.05, 4.69) is 36.7 Å². The van der Waals surface area contributed by atoms with Gasteiger partial charge < -0.3 is 9.52 Å². The Bertz CT molecular complexity index is 655. The fourth-order valence-corrected chi connectivity index (χ4v) is 4.68. The quantitative estimate of drug-likeness (QED) is 0.822. The Kier molecular flexibility index (Phi) is 4.68. The average molecular weight is 378 g/mol. The lowest BCUT2D eigenvalue weighted by molar-refractivity contribution is 0.245. The number of halogens is 1. The fourth-order valence-electron chi connectivity index (χ4n) is 2.34. The van der Waals surface area contributed by atoms with Crippen LogP contribution in [-0.4, -0.2) is 30.9 Å². The lowest BCUT2D eigenvalue weighted by Gasteiger charge is -2.31. The molecule has 0 aliphatic carbocycles. The van der Waals surface area contributed by atoms with Gasteiger partial charge in [0.2, 0.25) is 10.0 Å². The highest BCUT2D eigenvalue weighted by molar-refractivity contribution is 9.10. The van der Waals surface area contributed by atoms with Crippen molar-refractivity contribution in [2.75, 3.05) is 13.1 Å². The molecule has 1 aromatic heterocycles. The summed E-state index contributed by atoms with van der Waals surface area (Å²) in [6.07, 6.45) is 2.72. The molecule has 118 valence electrons.